The lowest BCUT2D eigenvalue weighted by atomic mass is 9.87. The van der Waals surface area contributed by atoms with E-state index in [0.717, 1.165) is 0 Å². The van der Waals surface area contributed by atoms with Crippen LogP contribution in [0.15, 0.2) is 41.1 Å². The minimum atomic E-state index is -1.41. The van der Waals surface area contributed by atoms with Crippen molar-refractivity contribution in [1.82, 2.24) is 0 Å². The van der Waals surface area contributed by atoms with Crippen LogP contribution < -0.4 is 11.5 Å². The molecule has 1 aromatic rings. The van der Waals surface area contributed by atoms with E-state index in [1.807, 2.05) is 11.4 Å². The molecule has 0 spiro atoms. The summed E-state index contributed by atoms with van der Waals surface area (Å²) in [5, 5.41) is 21.7. The molecule has 5 heteroatoms. The van der Waals surface area contributed by atoms with E-state index in [2.05, 4.69) is 0 Å². The van der Waals surface area contributed by atoms with E-state index in [9.17, 15) is 10.2 Å². The summed E-state index contributed by atoms with van der Waals surface area (Å²) in [6.07, 6.45) is 2.82. The van der Waals surface area contributed by atoms with E-state index in [0.29, 0.717) is 10.6 Å². The zero-order valence-corrected chi connectivity index (χ0v) is 8.74. The van der Waals surface area contributed by atoms with Crippen molar-refractivity contribution >= 4 is 11.3 Å². The Labute approximate surface area is 91.1 Å². The summed E-state index contributed by atoms with van der Waals surface area (Å²) in [5.74, 6) is -0.106. The van der Waals surface area contributed by atoms with Gasteiger partial charge in [-0.15, -0.1) is 11.3 Å². The van der Waals surface area contributed by atoms with Crippen LogP contribution >= 0.6 is 11.3 Å². The number of aliphatic hydroxyl groups is 2. The van der Waals surface area contributed by atoms with Gasteiger partial charge in [-0.25, -0.2) is 0 Å². The Morgan fingerprint density at radius 3 is 2.80 bits per heavy atom. The maximum absolute atomic E-state index is 10.4. The second kappa shape index (κ2) is 3.37. The van der Waals surface area contributed by atoms with Crippen LogP contribution in [0.1, 0.15) is 4.88 Å². The van der Waals surface area contributed by atoms with Gasteiger partial charge in [-0.1, -0.05) is 6.07 Å². The lowest BCUT2D eigenvalue weighted by molar-refractivity contribution is 0.0578. The monoisotopic (exact) mass is 224 g/mol. The van der Waals surface area contributed by atoms with Crippen LogP contribution in [0, 0.1) is 0 Å². The van der Waals surface area contributed by atoms with Gasteiger partial charge in [-0.3, -0.25) is 0 Å². The smallest absolute Gasteiger partial charge is 0.141 e. The molecule has 1 aliphatic rings. The summed E-state index contributed by atoms with van der Waals surface area (Å²) in [5.41, 5.74) is 10.2. The average Bonchev–Trinajstić information content (AvgIpc) is 2.67. The van der Waals surface area contributed by atoms with Crippen molar-refractivity contribution in [3.05, 3.63) is 46.0 Å². The first-order chi connectivity index (χ1) is 7.04. The first-order valence-corrected chi connectivity index (χ1v) is 5.33. The van der Waals surface area contributed by atoms with Gasteiger partial charge in [0.25, 0.3) is 0 Å². The third kappa shape index (κ3) is 1.54. The van der Waals surface area contributed by atoms with Crippen LogP contribution in [0.25, 0.3) is 0 Å². The van der Waals surface area contributed by atoms with E-state index in [-0.39, 0.29) is 5.76 Å². The zero-order chi connectivity index (χ0) is 11.1. The molecule has 0 bridgehead atoms. The number of hydrogen-bond acceptors (Lipinski definition) is 5. The number of aliphatic hydroxyl groups excluding tert-OH is 1. The van der Waals surface area contributed by atoms with Gasteiger partial charge in [0.1, 0.15) is 17.4 Å². The number of hydrogen-bond donors (Lipinski definition) is 4. The molecule has 1 aliphatic carbocycles. The van der Waals surface area contributed by atoms with Gasteiger partial charge in [0.15, 0.2) is 0 Å². The number of rotatable bonds is 1. The maximum Gasteiger partial charge on any atom is 0.141 e. The molecule has 80 valence electrons. The second-order valence-corrected chi connectivity index (χ2v) is 4.44. The van der Waals surface area contributed by atoms with Gasteiger partial charge in [0, 0.05) is 16.7 Å². The Hall–Kier alpha value is -1.30. The summed E-state index contributed by atoms with van der Waals surface area (Å²) in [7, 11) is 0. The molecule has 15 heavy (non-hydrogen) atoms. The van der Waals surface area contributed by atoms with Gasteiger partial charge in [-0.2, -0.15) is 0 Å². The van der Waals surface area contributed by atoms with Crippen molar-refractivity contribution in [1.29, 1.82) is 0 Å². The summed E-state index contributed by atoms with van der Waals surface area (Å²) in [6.45, 7) is 0. The standard InChI is InChI=1S/C10H12N2O2S/c11-6-4-7(13)9(12)10(14,5-6)8-2-1-3-15-8/h1-5,9,13-14H,11-12H2. The molecular weight excluding hydrogens is 212 g/mol. The molecule has 2 rings (SSSR count). The number of nitrogens with two attached hydrogens (primary N) is 2. The molecule has 0 aliphatic heterocycles. The molecule has 2 unspecified atom stereocenters. The largest absolute Gasteiger partial charge is 0.510 e. The molecular formula is C10H12N2O2S. The third-order valence-corrected chi connectivity index (χ3v) is 3.42. The van der Waals surface area contributed by atoms with E-state index in [1.54, 1.807) is 6.07 Å². The SMILES string of the molecule is NC1=CC(O)(c2cccs2)C(N)C(O)=C1. The summed E-state index contributed by atoms with van der Waals surface area (Å²) in [6, 6.07) is 2.69. The van der Waals surface area contributed by atoms with E-state index in [4.69, 9.17) is 11.5 Å². The molecule has 0 saturated heterocycles. The highest BCUT2D eigenvalue weighted by atomic mass is 32.1. The Kier molecular flexibility index (Phi) is 2.30. The minimum absolute atomic E-state index is 0.106. The van der Waals surface area contributed by atoms with Crippen molar-refractivity contribution in [2.24, 2.45) is 11.5 Å². The molecule has 2 atom stereocenters. The molecule has 1 heterocycles. The predicted molar refractivity (Wildman–Crippen MR) is 59.2 cm³/mol. The fourth-order valence-corrected chi connectivity index (χ4v) is 2.44. The molecule has 4 nitrogen and oxygen atoms in total. The molecule has 6 N–H and O–H groups in total. The predicted octanol–water partition coefficient (Wildman–Crippen LogP) is 0.561. The summed E-state index contributed by atoms with van der Waals surface area (Å²) in [4.78, 5) is 0.664. The van der Waals surface area contributed by atoms with E-state index < -0.39 is 11.6 Å². The van der Waals surface area contributed by atoms with Crippen molar-refractivity contribution < 1.29 is 10.2 Å². The van der Waals surface area contributed by atoms with Gasteiger partial charge in [-0.05, 0) is 17.5 Å². The Bertz CT molecular complexity index is 425. The van der Waals surface area contributed by atoms with Crippen LogP contribution in [-0.2, 0) is 5.60 Å². The summed E-state index contributed by atoms with van der Waals surface area (Å²) >= 11 is 1.37. The van der Waals surface area contributed by atoms with Crippen LogP contribution in [-0.4, -0.2) is 16.3 Å². The fourth-order valence-electron chi connectivity index (χ4n) is 1.60. The normalized spacial score (nSPS) is 30.9. The lowest BCUT2D eigenvalue weighted by Crippen LogP contribution is -2.47. The minimum Gasteiger partial charge on any atom is -0.510 e. The quantitative estimate of drug-likeness (QED) is 0.561. The molecule has 0 amide bonds. The van der Waals surface area contributed by atoms with E-state index in [1.165, 1.54) is 23.5 Å². The lowest BCUT2D eigenvalue weighted by Gasteiger charge is -2.32. The Balaban J connectivity index is 2.49. The Morgan fingerprint density at radius 2 is 2.20 bits per heavy atom. The van der Waals surface area contributed by atoms with Crippen molar-refractivity contribution in [3.8, 4) is 0 Å². The van der Waals surface area contributed by atoms with Gasteiger partial charge >= 0.3 is 0 Å². The van der Waals surface area contributed by atoms with Crippen LogP contribution in [0.2, 0.25) is 0 Å². The highest BCUT2D eigenvalue weighted by Gasteiger charge is 2.40. The zero-order valence-electron chi connectivity index (χ0n) is 7.92. The third-order valence-electron chi connectivity index (χ3n) is 2.41. The van der Waals surface area contributed by atoms with Crippen molar-refractivity contribution in [3.63, 3.8) is 0 Å². The maximum atomic E-state index is 10.4. The van der Waals surface area contributed by atoms with Crippen molar-refractivity contribution in [2.75, 3.05) is 0 Å². The van der Waals surface area contributed by atoms with Crippen LogP contribution in [0.3, 0.4) is 0 Å². The fraction of sp³-hybridized carbons (Fsp3) is 0.200. The summed E-state index contributed by atoms with van der Waals surface area (Å²) < 4.78 is 0. The first kappa shape index (κ1) is 10.2. The van der Waals surface area contributed by atoms with Crippen LogP contribution in [0.5, 0.6) is 0 Å². The first-order valence-electron chi connectivity index (χ1n) is 4.45. The second-order valence-electron chi connectivity index (χ2n) is 3.49. The Morgan fingerprint density at radius 1 is 1.47 bits per heavy atom. The number of thiophene rings is 1. The topological polar surface area (TPSA) is 92.5 Å². The molecule has 0 aromatic carbocycles. The molecule has 0 fully saturated rings. The van der Waals surface area contributed by atoms with Crippen molar-refractivity contribution in [2.45, 2.75) is 11.6 Å². The average molecular weight is 224 g/mol. The van der Waals surface area contributed by atoms with E-state index >= 15 is 0 Å². The highest BCUT2D eigenvalue weighted by molar-refractivity contribution is 7.10. The molecule has 0 saturated carbocycles. The number of allylic oxidation sites excluding steroid dienone is 1. The van der Waals surface area contributed by atoms with Gasteiger partial charge < -0.3 is 21.7 Å². The van der Waals surface area contributed by atoms with Crippen LogP contribution in [0.4, 0.5) is 0 Å². The van der Waals surface area contributed by atoms with Gasteiger partial charge in [0.05, 0.1) is 0 Å². The highest BCUT2D eigenvalue weighted by Crippen LogP contribution is 2.35. The van der Waals surface area contributed by atoms with Gasteiger partial charge in [0.2, 0.25) is 0 Å². The molecule has 0 radical (unpaired) electrons. The molecule has 1 aromatic heterocycles.